The van der Waals surface area contributed by atoms with Crippen molar-refractivity contribution >= 4 is 0 Å². The summed E-state index contributed by atoms with van der Waals surface area (Å²) in [6, 6.07) is 0.741. The zero-order valence-electron chi connectivity index (χ0n) is 9.37. The molecule has 3 heteroatoms. The van der Waals surface area contributed by atoms with Crippen LogP contribution in [0.25, 0.3) is 0 Å². The molecule has 0 spiro atoms. The maximum atomic E-state index is 5.63. The fraction of sp³-hybridized carbons (Fsp3) is 1.00. The van der Waals surface area contributed by atoms with Crippen LogP contribution in [0.3, 0.4) is 0 Å². The van der Waals surface area contributed by atoms with Gasteiger partial charge < -0.3 is 15.4 Å². The van der Waals surface area contributed by atoms with Gasteiger partial charge >= 0.3 is 0 Å². The number of nitrogens with zero attached hydrogens (tertiary/aromatic N) is 1. The third-order valence-corrected chi connectivity index (χ3v) is 3.04. The predicted molar refractivity (Wildman–Crippen MR) is 59.4 cm³/mol. The number of hydrogen-bond donors (Lipinski definition) is 1. The van der Waals surface area contributed by atoms with Gasteiger partial charge in [-0.1, -0.05) is 6.42 Å². The van der Waals surface area contributed by atoms with E-state index >= 15 is 0 Å². The Labute approximate surface area is 87.6 Å². The summed E-state index contributed by atoms with van der Waals surface area (Å²) in [5.41, 5.74) is 5.63. The van der Waals surface area contributed by atoms with Crippen LogP contribution in [0.5, 0.6) is 0 Å². The second-order valence-electron chi connectivity index (χ2n) is 4.11. The summed E-state index contributed by atoms with van der Waals surface area (Å²) in [6.45, 7) is 4.14. The lowest BCUT2D eigenvalue weighted by molar-refractivity contribution is 0.118. The van der Waals surface area contributed by atoms with Crippen molar-refractivity contribution in [3.05, 3.63) is 0 Å². The van der Waals surface area contributed by atoms with E-state index in [2.05, 4.69) is 4.90 Å². The highest BCUT2D eigenvalue weighted by atomic mass is 16.5. The van der Waals surface area contributed by atoms with Crippen LogP contribution in [0.15, 0.2) is 0 Å². The Morgan fingerprint density at radius 3 is 3.00 bits per heavy atom. The fourth-order valence-electron chi connectivity index (χ4n) is 2.29. The Bertz CT molecular complexity index is 139. The molecule has 1 rings (SSSR count). The van der Waals surface area contributed by atoms with E-state index in [1.807, 2.05) is 0 Å². The van der Waals surface area contributed by atoms with Crippen molar-refractivity contribution in [2.45, 2.75) is 38.1 Å². The second kappa shape index (κ2) is 7.21. The summed E-state index contributed by atoms with van der Waals surface area (Å²) in [5, 5.41) is 0. The molecule has 1 aliphatic rings. The minimum absolute atomic E-state index is 0.741. The highest BCUT2D eigenvalue weighted by molar-refractivity contribution is 4.76. The highest BCUT2D eigenvalue weighted by Crippen LogP contribution is 2.19. The van der Waals surface area contributed by atoms with Gasteiger partial charge in [0.05, 0.1) is 0 Å². The topological polar surface area (TPSA) is 38.5 Å². The molecule has 1 heterocycles. The highest BCUT2D eigenvalue weighted by Gasteiger charge is 2.20. The summed E-state index contributed by atoms with van der Waals surface area (Å²) in [4.78, 5) is 2.59. The molecule has 0 radical (unpaired) electrons. The minimum Gasteiger partial charge on any atom is -0.385 e. The third kappa shape index (κ3) is 3.95. The molecule has 2 N–H and O–H groups in total. The van der Waals surface area contributed by atoms with Crippen molar-refractivity contribution in [3.63, 3.8) is 0 Å². The summed E-state index contributed by atoms with van der Waals surface area (Å²) in [7, 11) is 1.77. The molecule has 1 saturated heterocycles. The molecular weight excluding hydrogens is 176 g/mol. The number of likely N-dealkylation sites (tertiary alicyclic amines) is 1. The summed E-state index contributed by atoms with van der Waals surface area (Å²) < 4.78 is 5.08. The molecule has 0 aromatic heterocycles. The van der Waals surface area contributed by atoms with Crippen molar-refractivity contribution in [3.8, 4) is 0 Å². The molecule has 84 valence electrons. The Balaban J connectivity index is 2.22. The van der Waals surface area contributed by atoms with Gasteiger partial charge in [0.15, 0.2) is 0 Å². The quantitative estimate of drug-likeness (QED) is 0.655. The van der Waals surface area contributed by atoms with Gasteiger partial charge in [-0.15, -0.1) is 0 Å². The van der Waals surface area contributed by atoms with E-state index in [9.17, 15) is 0 Å². The molecular formula is C11H24N2O. The molecule has 0 amide bonds. The molecule has 0 aliphatic carbocycles. The van der Waals surface area contributed by atoms with Crippen molar-refractivity contribution in [1.82, 2.24) is 4.90 Å². The number of hydrogen-bond acceptors (Lipinski definition) is 3. The van der Waals surface area contributed by atoms with Crippen LogP contribution >= 0.6 is 0 Å². The monoisotopic (exact) mass is 200 g/mol. The van der Waals surface area contributed by atoms with Crippen LogP contribution < -0.4 is 5.73 Å². The average Bonchev–Trinajstić information content (AvgIpc) is 2.21. The Hall–Kier alpha value is -0.120. The molecule has 0 bridgehead atoms. The molecule has 1 fully saturated rings. The Morgan fingerprint density at radius 2 is 2.29 bits per heavy atom. The van der Waals surface area contributed by atoms with E-state index in [-0.39, 0.29) is 0 Å². The van der Waals surface area contributed by atoms with Gasteiger partial charge in [0.2, 0.25) is 0 Å². The molecule has 1 aliphatic heterocycles. The first kappa shape index (κ1) is 12.0. The predicted octanol–water partition coefficient (Wildman–Crippen LogP) is 1.23. The maximum absolute atomic E-state index is 5.63. The van der Waals surface area contributed by atoms with Crippen molar-refractivity contribution in [1.29, 1.82) is 0 Å². The fourth-order valence-corrected chi connectivity index (χ4v) is 2.29. The van der Waals surface area contributed by atoms with E-state index in [4.69, 9.17) is 10.5 Å². The van der Waals surface area contributed by atoms with E-state index in [0.717, 1.165) is 32.0 Å². The van der Waals surface area contributed by atoms with Crippen molar-refractivity contribution in [2.24, 2.45) is 5.73 Å². The van der Waals surface area contributed by atoms with Gasteiger partial charge in [0.25, 0.3) is 0 Å². The first-order valence-corrected chi connectivity index (χ1v) is 5.81. The first-order chi connectivity index (χ1) is 6.88. The van der Waals surface area contributed by atoms with Gasteiger partial charge in [-0.3, -0.25) is 0 Å². The Morgan fingerprint density at radius 1 is 1.43 bits per heavy atom. The van der Waals surface area contributed by atoms with Crippen LogP contribution in [-0.4, -0.2) is 44.3 Å². The normalized spacial score (nSPS) is 24.0. The number of piperidine rings is 1. The molecule has 0 saturated carbocycles. The van der Waals surface area contributed by atoms with Crippen LogP contribution in [0.2, 0.25) is 0 Å². The summed E-state index contributed by atoms with van der Waals surface area (Å²) >= 11 is 0. The van der Waals surface area contributed by atoms with E-state index in [1.165, 1.54) is 32.4 Å². The average molecular weight is 200 g/mol. The molecule has 0 aromatic rings. The molecule has 3 nitrogen and oxygen atoms in total. The third-order valence-electron chi connectivity index (χ3n) is 3.04. The lowest BCUT2D eigenvalue weighted by atomic mass is 9.99. The van der Waals surface area contributed by atoms with Crippen LogP contribution in [0.4, 0.5) is 0 Å². The smallest absolute Gasteiger partial charge is 0.0474 e. The SMILES string of the molecule is COCCCN1CCCCC1CCN. The van der Waals surface area contributed by atoms with E-state index in [0.29, 0.717) is 0 Å². The number of rotatable bonds is 6. The van der Waals surface area contributed by atoms with Crippen LogP contribution in [0, 0.1) is 0 Å². The summed E-state index contributed by atoms with van der Waals surface area (Å²) in [6.07, 6.45) is 6.38. The summed E-state index contributed by atoms with van der Waals surface area (Å²) in [5.74, 6) is 0. The van der Waals surface area contributed by atoms with E-state index < -0.39 is 0 Å². The van der Waals surface area contributed by atoms with Gasteiger partial charge in [-0.05, 0) is 38.8 Å². The van der Waals surface area contributed by atoms with Gasteiger partial charge in [0, 0.05) is 26.3 Å². The van der Waals surface area contributed by atoms with Gasteiger partial charge in [-0.2, -0.15) is 0 Å². The van der Waals surface area contributed by atoms with Crippen LogP contribution in [0.1, 0.15) is 32.1 Å². The molecule has 0 aromatic carbocycles. The van der Waals surface area contributed by atoms with Crippen molar-refractivity contribution in [2.75, 3.05) is 33.4 Å². The number of nitrogens with two attached hydrogens (primary N) is 1. The first-order valence-electron chi connectivity index (χ1n) is 5.81. The van der Waals surface area contributed by atoms with Crippen molar-refractivity contribution < 1.29 is 4.74 Å². The lowest BCUT2D eigenvalue weighted by Crippen LogP contribution is -2.41. The molecule has 1 atom stereocenters. The van der Waals surface area contributed by atoms with E-state index in [1.54, 1.807) is 7.11 Å². The second-order valence-corrected chi connectivity index (χ2v) is 4.11. The molecule has 14 heavy (non-hydrogen) atoms. The largest absolute Gasteiger partial charge is 0.385 e. The van der Waals surface area contributed by atoms with Crippen LogP contribution in [-0.2, 0) is 4.74 Å². The van der Waals surface area contributed by atoms with Gasteiger partial charge in [-0.25, -0.2) is 0 Å². The van der Waals surface area contributed by atoms with Gasteiger partial charge in [0.1, 0.15) is 0 Å². The minimum atomic E-state index is 0.741. The standard InChI is InChI=1S/C11H24N2O/c1-14-10-4-9-13-8-3-2-5-11(13)6-7-12/h11H,2-10,12H2,1H3. The number of methoxy groups -OCH3 is 1. The zero-order valence-corrected chi connectivity index (χ0v) is 9.37. The molecule has 1 unspecified atom stereocenters. The Kier molecular flexibility index (Phi) is 6.15. The number of ether oxygens (including phenoxy) is 1. The maximum Gasteiger partial charge on any atom is 0.0474 e. The lowest BCUT2D eigenvalue weighted by Gasteiger charge is -2.35. The zero-order chi connectivity index (χ0) is 10.2.